The average Bonchev–Trinajstić information content (AvgIpc) is 2.16. The van der Waals surface area contributed by atoms with Gasteiger partial charge < -0.3 is 10.0 Å². The van der Waals surface area contributed by atoms with E-state index < -0.39 is 0 Å². The predicted molar refractivity (Wildman–Crippen MR) is 59.6 cm³/mol. The number of hydrogen-bond donors (Lipinski definition) is 1. The minimum Gasteiger partial charge on any atom is -0.396 e. The fraction of sp³-hybridized carbons (Fsp3) is 0.909. The van der Waals surface area contributed by atoms with Crippen molar-refractivity contribution in [3.8, 4) is 0 Å². The molecule has 1 N–H and O–H groups in total. The monoisotopic (exact) mass is 214 g/mol. The highest BCUT2D eigenvalue weighted by Crippen LogP contribution is 2.15. The second kappa shape index (κ2) is 5.47. The molecule has 0 aromatic carbocycles. The highest BCUT2D eigenvalue weighted by atomic mass is 16.3. The molecule has 0 bridgehead atoms. The van der Waals surface area contributed by atoms with Crippen LogP contribution in [0.4, 0.5) is 0 Å². The van der Waals surface area contributed by atoms with E-state index in [0.29, 0.717) is 12.1 Å². The molecule has 0 aliphatic carbocycles. The van der Waals surface area contributed by atoms with Gasteiger partial charge in [0, 0.05) is 45.2 Å². The predicted octanol–water partition coefficient (Wildman–Crippen LogP) is 0.310. The van der Waals surface area contributed by atoms with E-state index in [1.807, 2.05) is 4.90 Å². The Balaban J connectivity index is 2.52. The van der Waals surface area contributed by atoms with Crippen LogP contribution in [0.1, 0.15) is 27.2 Å². The topological polar surface area (TPSA) is 43.8 Å². The van der Waals surface area contributed by atoms with E-state index in [-0.39, 0.29) is 12.5 Å². The maximum Gasteiger partial charge on any atom is 0.219 e. The van der Waals surface area contributed by atoms with Gasteiger partial charge in [0.1, 0.15) is 0 Å². The van der Waals surface area contributed by atoms with Crippen LogP contribution in [0.3, 0.4) is 0 Å². The van der Waals surface area contributed by atoms with Gasteiger partial charge in [-0.05, 0) is 20.3 Å². The van der Waals surface area contributed by atoms with Crippen molar-refractivity contribution in [3.05, 3.63) is 0 Å². The average molecular weight is 214 g/mol. The van der Waals surface area contributed by atoms with Gasteiger partial charge in [-0.1, -0.05) is 0 Å². The molecule has 1 fully saturated rings. The van der Waals surface area contributed by atoms with Gasteiger partial charge in [-0.2, -0.15) is 0 Å². The third-order valence-electron chi connectivity index (χ3n) is 3.12. The first kappa shape index (κ1) is 12.5. The Kier molecular flexibility index (Phi) is 4.54. The van der Waals surface area contributed by atoms with Gasteiger partial charge >= 0.3 is 0 Å². The Labute approximate surface area is 91.9 Å². The van der Waals surface area contributed by atoms with Crippen molar-refractivity contribution >= 4 is 5.91 Å². The molecule has 0 aromatic heterocycles. The highest BCUT2D eigenvalue weighted by molar-refractivity contribution is 5.73. The summed E-state index contributed by atoms with van der Waals surface area (Å²) in [6.07, 6.45) is 0.814. The Bertz CT molecular complexity index is 209. The fourth-order valence-corrected chi connectivity index (χ4v) is 2.31. The molecule has 0 unspecified atom stereocenters. The number of piperazine rings is 1. The quantitative estimate of drug-likeness (QED) is 0.735. The first-order valence-electron chi connectivity index (χ1n) is 5.68. The smallest absolute Gasteiger partial charge is 0.219 e. The van der Waals surface area contributed by atoms with Crippen molar-refractivity contribution in [1.29, 1.82) is 0 Å². The molecule has 1 saturated heterocycles. The summed E-state index contributed by atoms with van der Waals surface area (Å²) in [7, 11) is 0. The molecular weight excluding hydrogens is 192 g/mol. The van der Waals surface area contributed by atoms with Crippen molar-refractivity contribution in [2.75, 3.05) is 26.2 Å². The highest BCUT2D eigenvalue weighted by Gasteiger charge is 2.29. The third kappa shape index (κ3) is 3.18. The number of rotatable bonds is 3. The molecule has 4 nitrogen and oxygen atoms in total. The number of amides is 1. The zero-order valence-corrected chi connectivity index (χ0v) is 9.94. The lowest BCUT2D eigenvalue weighted by molar-refractivity contribution is -0.133. The van der Waals surface area contributed by atoms with Crippen LogP contribution in [-0.4, -0.2) is 59.1 Å². The minimum atomic E-state index is 0.163. The Morgan fingerprint density at radius 3 is 2.27 bits per heavy atom. The van der Waals surface area contributed by atoms with Crippen molar-refractivity contribution in [2.45, 2.75) is 39.3 Å². The number of hydrogen-bond acceptors (Lipinski definition) is 3. The lowest BCUT2D eigenvalue weighted by atomic mass is 10.1. The standard InChI is InChI=1S/C11H22N2O2/c1-9-7-12(11(3)15)8-10(2)13(9)5-4-6-14/h9-10,14H,4-8H2,1-3H3/t9-,10-/m1/s1. The van der Waals surface area contributed by atoms with E-state index in [1.165, 1.54) is 0 Å². The lowest BCUT2D eigenvalue weighted by Crippen LogP contribution is -2.57. The van der Waals surface area contributed by atoms with E-state index in [0.717, 1.165) is 26.1 Å². The molecule has 1 amide bonds. The summed E-state index contributed by atoms with van der Waals surface area (Å²) in [4.78, 5) is 15.6. The number of aliphatic hydroxyl groups is 1. The Hall–Kier alpha value is -0.610. The zero-order valence-electron chi connectivity index (χ0n) is 9.94. The molecule has 0 radical (unpaired) electrons. The van der Waals surface area contributed by atoms with E-state index in [9.17, 15) is 4.79 Å². The summed E-state index contributed by atoms with van der Waals surface area (Å²) < 4.78 is 0. The van der Waals surface area contributed by atoms with Crippen LogP contribution in [-0.2, 0) is 4.79 Å². The van der Waals surface area contributed by atoms with Crippen LogP contribution in [0.2, 0.25) is 0 Å². The van der Waals surface area contributed by atoms with Gasteiger partial charge in [-0.25, -0.2) is 0 Å². The molecule has 2 atom stereocenters. The number of aliphatic hydroxyl groups excluding tert-OH is 1. The summed E-state index contributed by atoms with van der Waals surface area (Å²) in [5.74, 6) is 0.163. The Morgan fingerprint density at radius 1 is 1.33 bits per heavy atom. The molecule has 0 aromatic rings. The normalized spacial score (nSPS) is 28.1. The van der Waals surface area contributed by atoms with Crippen molar-refractivity contribution in [1.82, 2.24) is 9.80 Å². The summed E-state index contributed by atoms with van der Waals surface area (Å²) in [5.41, 5.74) is 0. The molecule has 4 heteroatoms. The van der Waals surface area contributed by atoms with Gasteiger partial charge in [0.2, 0.25) is 5.91 Å². The van der Waals surface area contributed by atoms with E-state index in [1.54, 1.807) is 6.92 Å². The van der Waals surface area contributed by atoms with Gasteiger partial charge in [0.15, 0.2) is 0 Å². The number of carbonyl (C=O) groups is 1. The van der Waals surface area contributed by atoms with Gasteiger partial charge in [-0.3, -0.25) is 9.69 Å². The zero-order chi connectivity index (χ0) is 11.4. The number of nitrogens with zero attached hydrogens (tertiary/aromatic N) is 2. The molecule has 15 heavy (non-hydrogen) atoms. The maximum atomic E-state index is 11.3. The third-order valence-corrected chi connectivity index (χ3v) is 3.12. The SMILES string of the molecule is CC(=O)N1C[C@@H](C)N(CCCO)[C@H](C)C1. The van der Waals surface area contributed by atoms with E-state index >= 15 is 0 Å². The molecule has 1 heterocycles. The summed E-state index contributed by atoms with van der Waals surface area (Å²) in [5, 5.41) is 8.82. The largest absolute Gasteiger partial charge is 0.396 e. The first-order chi connectivity index (χ1) is 7.06. The minimum absolute atomic E-state index is 0.163. The van der Waals surface area contributed by atoms with Crippen LogP contribution in [0.5, 0.6) is 0 Å². The lowest BCUT2D eigenvalue weighted by Gasteiger charge is -2.44. The molecule has 1 aliphatic heterocycles. The van der Waals surface area contributed by atoms with Crippen LogP contribution in [0, 0.1) is 0 Å². The van der Waals surface area contributed by atoms with Crippen molar-refractivity contribution in [2.24, 2.45) is 0 Å². The van der Waals surface area contributed by atoms with Crippen LogP contribution >= 0.6 is 0 Å². The molecular formula is C11H22N2O2. The van der Waals surface area contributed by atoms with Crippen LogP contribution in [0.15, 0.2) is 0 Å². The summed E-state index contributed by atoms with van der Waals surface area (Å²) in [6.45, 7) is 8.70. The number of carbonyl (C=O) groups excluding carboxylic acids is 1. The molecule has 1 rings (SSSR count). The van der Waals surface area contributed by atoms with Crippen molar-refractivity contribution in [3.63, 3.8) is 0 Å². The summed E-state index contributed by atoms with van der Waals surface area (Å²) >= 11 is 0. The molecule has 88 valence electrons. The molecule has 0 saturated carbocycles. The van der Waals surface area contributed by atoms with Gasteiger partial charge in [0.05, 0.1) is 0 Å². The second-order valence-electron chi connectivity index (χ2n) is 4.44. The molecule has 0 spiro atoms. The second-order valence-corrected chi connectivity index (χ2v) is 4.44. The van der Waals surface area contributed by atoms with E-state index in [2.05, 4.69) is 18.7 Å². The van der Waals surface area contributed by atoms with Crippen molar-refractivity contribution < 1.29 is 9.90 Å². The summed E-state index contributed by atoms with van der Waals surface area (Å²) in [6, 6.07) is 0.786. The maximum absolute atomic E-state index is 11.3. The van der Waals surface area contributed by atoms with Gasteiger partial charge in [0.25, 0.3) is 0 Å². The molecule has 1 aliphatic rings. The Morgan fingerprint density at radius 2 is 1.87 bits per heavy atom. The first-order valence-corrected chi connectivity index (χ1v) is 5.68. The van der Waals surface area contributed by atoms with Gasteiger partial charge in [-0.15, -0.1) is 0 Å². The van der Waals surface area contributed by atoms with Crippen LogP contribution < -0.4 is 0 Å². The fourth-order valence-electron chi connectivity index (χ4n) is 2.31. The van der Waals surface area contributed by atoms with Crippen LogP contribution in [0.25, 0.3) is 0 Å². The van der Waals surface area contributed by atoms with E-state index in [4.69, 9.17) is 5.11 Å².